The number of aryl methyl sites for hydroxylation is 1. The number of hydrogen-bond donors (Lipinski definition) is 2. The highest BCUT2D eigenvalue weighted by Gasteiger charge is 2.12. The number of carbonyl (C=O) groups is 1. The van der Waals surface area contributed by atoms with Crippen molar-refractivity contribution in [3.05, 3.63) is 76.0 Å². The van der Waals surface area contributed by atoms with Gasteiger partial charge in [-0.3, -0.25) is 20.0 Å². The van der Waals surface area contributed by atoms with Crippen molar-refractivity contribution in [3.63, 3.8) is 0 Å². The van der Waals surface area contributed by atoms with Crippen LogP contribution in [0.3, 0.4) is 0 Å². The van der Waals surface area contributed by atoms with Crippen LogP contribution in [-0.4, -0.2) is 21.0 Å². The first-order valence-electron chi connectivity index (χ1n) is 7.21. The fraction of sp³-hybridized carbons (Fsp3) is 0.0588. The molecular formula is C17H14N4O3. The van der Waals surface area contributed by atoms with Crippen LogP contribution in [0.4, 0.5) is 11.4 Å². The number of nitro benzene ring substituents is 1. The minimum Gasteiger partial charge on any atom is -0.321 e. The van der Waals surface area contributed by atoms with E-state index in [0.717, 1.165) is 11.1 Å². The highest BCUT2D eigenvalue weighted by molar-refractivity contribution is 6.03. The molecule has 0 fully saturated rings. The van der Waals surface area contributed by atoms with Crippen molar-refractivity contribution in [2.24, 2.45) is 0 Å². The summed E-state index contributed by atoms with van der Waals surface area (Å²) in [5.74, 6) is -0.366. The maximum absolute atomic E-state index is 12.2. The van der Waals surface area contributed by atoms with E-state index in [0.29, 0.717) is 17.1 Å². The molecule has 1 aromatic heterocycles. The number of H-pyrrole nitrogens is 1. The molecule has 0 saturated heterocycles. The number of aromatic amines is 1. The van der Waals surface area contributed by atoms with Gasteiger partial charge in [-0.15, -0.1) is 0 Å². The first-order valence-corrected chi connectivity index (χ1v) is 7.21. The summed E-state index contributed by atoms with van der Waals surface area (Å²) in [6.45, 7) is 2.00. The van der Waals surface area contributed by atoms with Crippen LogP contribution in [0.5, 0.6) is 0 Å². The molecule has 0 atom stereocenters. The Bertz CT molecular complexity index is 883. The fourth-order valence-electron chi connectivity index (χ4n) is 2.18. The lowest BCUT2D eigenvalue weighted by Gasteiger charge is -2.02. The number of nitro groups is 1. The molecule has 7 heteroatoms. The van der Waals surface area contributed by atoms with Crippen molar-refractivity contribution >= 4 is 17.3 Å². The normalized spacial score (nSPS) is 10.4. The lowest BCUT2D eigenvalue weighted by atomic mass is 10.1. The Kier molecular flexibility index (Phi) is 4.07. The van der Waals surface area contributed by atoms with E-state index >= 15 is 0 Å². The summed E-state index contributed by atoms with van der Waals surface area (Å²) < 4.78 is 0. The van der Waals surface area contributed by atoms with Crippen molar-refractivity contribution < 1.29 is 9.72 Å². The van der Waals surface area contributed by atoms with Crippen LogP contribution in [0.1, 0.15) is 16.1 Å². The third kappa shape index (κ3) is 3.30. The Balaban J connectivity index is 1.73. The van der Waals surface area contributed by atoms with Gasteiger partial charge in [-0.25, -0.2) is 0 Å². The molecule has 24 heavy (non-hydrogen) atoms. The summed E-state index contributed by atoms with van der Waals surface area (Å²) >= 11 is 0. The van der Waals surface area contributed by atoms with Gasteiger partial charge in [0.2, 0.25) is 0 Å². The van der Waals surface area contributed by atoms with Crippen LogP contribution >= 0.6 is 0 Å². The first kappa shape index (κ1) is 15.4. The Morgan fingerprint density at radius 1 is 1.12 bits per heavy atom. The topological polar surface area (TPSA) is 101 Å². The Morgan fingerprint density at radius 3 is 2.42 bits per heavy atom. The zero-order valence-electron chi connectivity index (χ0n) is 12.8. The summed E-state index contributed by atoms with van der Waals surface area (Å²) in [6, 6.07) is 15.1. The van der Waals surface area contributed by atoms with Gasteiger partial charge < -0.3 is 5.32 Å². The Hall–Kier alpha value is -3.48. The van der Waals surface area contributed by atoms with Gasteiger partial charge in [0.25, 0.3) is 11.6 Å². The van der Waals surface area contributed by atoms with Gasteiger partial charge in [0.05, 0.1) is 10.6 Å². The zero-order chi connectivity index (χ0) is 17.1. The predicted molar refractivity (Wildman–Crippen MR) is 89.8 cm³/mol. The summed E-state index contributed by atoms with van der Waals surface area (Å²) in [7, 11) is 0. The summed E-state index contributed by atoms with van der Waals surface area (Å²) in [5, 5.41) is 20.1. The number of anilines is 1. The molecule has 3 rings (SSSR count). The number of nitrogens with one attached hydrogen (secondary N) is 2. The van der Waals surface area contributed by atoms with Gasteiger partial charge in [-0.2, -0.15) is 5.10 Å². The molecule has 7 nitrogen and oxygen atoms in total. The summed E-state index contributed by atoms with van der Waals surface area (Å²) in [4.78, 5) is 22.3. The molecule has 0 aliphatic carbocycles. The third-order valence-corrected chi connectivity index (χ3v) is 3.51. The number of benzene rings is 2. The molecule has 2 N–H and O–H groups in total. The number of hydrogen-bond acceptors (Lipinski definition) is 4. The number of non-ortho nitro benzene ring substituents is 1. The zero-order valence-corrected chi connectivity index (χ0v) is 12.8. The second-order valence-electron chi connectivity index (χ2n) is 5.29. The van der Waals surface area contributed by atoms with Crippen molar-refractivity contribution in [2.45, 2.75) is 6.92 Å². The van der Waals surface area contributed by atoms with E-state index in [9.17, 15) is 14.9 Å². The molecule has 0 bridgehead atoms. The Morgan fingerprint density at radius 2 is 1.79 bits per heavy atom. The van der Waals surface area contributed by atoms with Crippen LogP contribution in [0.2, 0.25) is 0 Å². The molecule has 0 unspecified atom stereocenters. The molecule has 1 amide bonds. The van der Waals surface area contributed by atoms with E-state index in [1.54, 1.807) is 6.07 Å². The van der Waals surface area contributed by atoms with Gasteiger partial charge in [0.15, 0.2) is 0 Å². The third-order valence-electron chi connectivity index (χ3n) is 3.51. The van der Waals surface area contributed by atoms with Crippen molar-refractivity contribution in [3.8, 4) is 11.3 Å². The SMILES string of the molecule is Cc1ccc(-c2cc(C(=O)Nc3ccc([N+](=O)[O-])cc3)[nH]n2)cc1. The fourth-order valence-corrected chi connectivity index (χ4v) is 2.18. The average Bonchev–Trinajstić information content (AvgIpc) is 3.06. The largest absolute Gasteiger partial charge is 0.321 e. The number of nitrogens with zero attached hydrogens (tertiary/aromatic N) is 2. The number of rotatable bonds is 4. The van der Waals surface area contributed by atoms with Gasteiger partial charge in [0.1, 0.15) is 5.69 Å². The van der Waals surface area contributed by atoms with Gasteiger partial charge >= 0.3 is 0 Å². The molecule has 1 heterocycles. The molecule has 2 aromatic carbocycles. The van der Waals surface area contributed by atoms with E-state index in [2.05, 4.69) is 15.5 Å². The standard InChI is InChI=1S/C17H14N4O3/c1-11-2-4-12(5-3-11)15-10-16(20-19-15)17(22)18-13-6-8-14(9-7-13)21(23)24/h2-10H,1H3,(H,18,22)(H,19,20). The quantitative estimate of drug-likeness (QED) is 0.566. The lowest BCUT2D eigenvalue weighted by Crippen LogP contribution is -2.12. The van der Waals surface area contributed by atoms with E-state index in [1.807, 2.05) is 31.2 Å². The molecule has 0 saturated carbocycles. The van der Waals surface area contributed by atoms with Gasteiger partial charge in [-0.05, 0) is 25.1 Å². The maximum atomic E-state index is 12.2. The molecule has 0 radical (unpaired) electrons. The number of carbonyl (C=O) groups excluding carboxylic acids is 1. The lowest BCUT2D eigenvalue weighted by molar-refractivity contribution is -0.384. The summed E-state index contributed by atoms with van der Waals surface area (Å²) in [6.07, 6.45) is 0. The van der Waals surface area contributed by atoms with Crippen molar-refractivity contribution in [2.75, 3.05) is 5.32 Å². The predicted octanol–water partition coefficient (Wildman–Crippen LogP) is 3.55. The average molecular weight is 322 g/mol. The minimum absolute atomic E-state index is 0.0313. The van der Waals surface area contributed by atoms with Gasteiger partial charge in [0, 0.05) is 23.4 Å². The van der Waals surface area contributed by atoms with Crippen LogP contribution in [0, 0.1) is 17.0 Å². The van der Waals surface area contributed by atoms with E-state index < -0.39 is 4.92 Å². The van der Waals surface area contributed by atoms with Crippen molar-refractivity contribution in [1.29, 1.82) is 0 Å². The van der Waals surface area contributed by atoms with Crippen LogP contribution in [-0.2, 0) is 0 Å². The monoisotopic (exact) mass is 322 g/mol. The maximum Gasteiger partial charge on any atom is 0.273 e. The summed E-state index contributed by atoms with van der Waals surface area (Å²) in [5.41, 5.74) is 3.47. The molecular weight excluding hydrogens is 308 g/mol. The van der Waals surface area contributed by atoms with Crippen LogP contribution in [0.25, 0.3) is 11.3 Å². The second kappa shape index (κ2) is 6.33. The second-order valence-corrected chi connectivity index (χ2v) is 5.29. The highest BCUT2D eigenvalue weighted by atomic mass is 16.6. The minimum atomic E-state index is -0.492. The Labute approximate surface area is 137 Å². The molecule has 0 spiro atoms. The van der Waals surface area contributed by atoms with Gasteiger partial charge in [-0.1, -0.05) is 29.8 Å². The molecule has 3 aromatic rings. The van der Waals surface area contributed by atoms with E-state index in [1.165, 1.54) is 24.3 Å². The number of aromatic nitrogens is 2. The van der Waals surface area contributed by atoms with E-state index in [4.69, 9.17) is 0 Å². The first-order chi connectivity index (χ1) is 11.5. The van der Waals surface area contributed by atoms with Crippen LogP contribution in [0.15, 0.2) is 54.6 Å². The number of amides is 1. The van der Waals surface area contributed by atoms with Crippen molar-refractivity contribution in [1.82, 2.24) is 10.2 Å². The molecule has 0 aliphatic heterocycles. The van der Waals surface area contributed by atoms with Crippen LogP contribution < -0.4 is 5.32 Å². The molecule has 120 valence electrons. The smallest absolute Gasteiger partial charge is 0.273 e. The molecule has 0 aliphatic rings. The highest BCUT2D eigenvalue weighted by Crippen LogP contribution is 2.19. The van der Waals surface area contributed by atoms with E-state index in [-0.39, 0.29) is 11.6 Å².